The number of carbonyl (C=O) groups excluding carboxylic acids is 1. The first kappa shape index (κ1) is 10.4. The van der Waals surface area contributed by atoms with Gasteiger partial charge in [-0.05, 0) is 31.4 Å². The van der Waals surface area contributed by atoms with E-state index in [9.17, 15) is 4.79 Å². The molecule has 2 aromatic rings. The summed E-state index contributed by atoms with van der Waals surface area (Å²) in [7, 11) is 1.95. The SMILES string of the molecule is Cn1cc(C=O)c2ccc(OC3CCC3)cc21. The minimum Gasteiger partial charge on any atom is -0.490 e. The van der Waals surface area contributed by atoms with Gasteiger partial charge in [0.2, 0.25) is 0 Å². The molecule has 1 aromatic heterocycles. The first-order chi connectivity index (χ1) is 8.28. The van der Waals surface area contributed by atoms with Crippen molar-refractivity contribution in [1.82, 2.24) is 4.57 Å². The third kappa shape index (κ3) is 1.71. The summed E-state index contributed by atoms with van der Waals surface area (Å²) in [6.45, 7) is 0. The summed E-state index contributed by atoms with van der Waals surface area (Å²) in [6, 6.07) is 5.93. The highest BCUT2D eigenvalue weighted by Crippen LogP contribution is 2.28. The number of aryl methyl sites for hydroxylation is 1. The number of ether oxygens (including phenoxy) is 1. The van der Waals surface area contributed by atoms with Gasteiger partial charge in [0.25, 0.3) is 0 Å². The van der Waals surface area contributed by atoms with Crippen molar-refractivity contribution in [3.63, 3.8) is 0 Å². The van der Waals surface area contributed by atoms with Gasteiger partial charge >= 0.3 is 0 Å². The number of hydrogen-bond donors (Lipinski definition) is 0. The highest BCUT2D eigenvalue weighted by molar-refractivity contribution is 5.98. The van der Waals surface area contributed by atoms with Crippen LogP contribution in [0.15, 0.2) is 24.4 Å². The van der Waals surface area contributed by atoms with Gasteiger partial charge in [-0.3, -0.25) is 4.79 Å². The molecule has 3 heteroatoms. The van der Waals surface area contributed by atoms with Gasteiger partial charge in [-0.15, -0.1) is 0 Å². The van der Waals surface area contributed by atoms with Crippen molar-refractivity contribution in [2.45, 2.75) is 25.4 Å². The van der Waals surface area contributed by atoms with Gasteiger partial charge in [0, 0.05) is 30.3 Å². The molecule has 1 heterocycles. The van der Waals surface area contributed by atoms with Gasteiger partial charge in [-0.2, -0.15) is 0 Å². The molecule has 1 saturated carbocycles. The molecule has 1 fully saturated rings. The Bertz CT molecular complexity index is 567. The lowest BCUT2D eigenvalue weighted by atomic mass is 9.96. The average Bonchev–Trinajstić information content (AvgIpc) is 2.61. The Hall–Kier alpha value is -1.77. The first-order valence-electron chi connectivity index (χ1n) is 5.99. The van der Waals surface area contributed by atoms with Crippen LogP contribution in [0.5, 0.6) is 5.75 Å². The van der Waals surface area contributed by atoms with Crippen molar-refractivity contribution in [1.29, 1.82) is 0 Å². The van der Waals surface area contributed by atoms with E-state index in [1.807, 2.05) is 36.0 Å². The van der Waals surface area contributed by atoms with E-state index in [2.05, 4.69) is 0 Å². The second-order valence-corrected chi connectivity index (χ2v) is 4.66. The molecule has 0 N–H and O–H groups in total. The molecule has 0 amide bonds. The third-order valence-corrected chi connectivity index (χ3v) is 3.47. The van der Waals surface area contributed by atoms with E-state index in [1.165, 1.54) is 6.42 Å². The zero-order valence-electron chi connectivity index (χ0n) is 9.85. The smallest absolute Gasteiger partial charge is 0.152 e. The second-order valence-electron chi connectivity index (χ2n) is 4.66. The van der Waals surface area contributed by atoms with Gasteiger partial charge in [0.1, 0.15) is 5.75 Å². The Labute approximate surface area is 100.0 Å². The summed E-state index contributed by atoms with van der Waals surface area (Å²) >= 11 is 0. The van der Waals surface area contributed by atoms with Gasteiger partial charge in [0.15, 0.2) is 6.29 Å². The molecule has 0 bridgehead atoms. The maximum Gasteiger partial charge on any atom is 0.152 e. The van der Waals surface area contributed by atoms with E-state index < -0.39 is 0 Å². The Morgan fingerprint density at radius 3 is 2.88 bits per heavy atom. The predicted molar refractivity (Wildman–Crippen MR) is 66.6 cm³/mol. The molecule has 0 saturated heterocycles. The van der Waals surface area contributed by atoms with E-state index in [-0.39, 0.29) is 0 Å². The van der Waals surface area contributed by atoms with Crippen LogP contribution < -0.4 is 4.74 Å². The minimum atomic E-state index is 0.387. The summed E-state index contributed by atoms with van der Waals surface area (Å²) < 4.78 is 7.82. The third-order valence-electron chi connectivity index (χ3n) is 3.47. The van der Waals surface area contributed by atoms with Crippen LogP contribution in [0, 0.1) is 0 Å². The number of fused-ring (bicyclic) bond motifs is 1. The van der Waals surface area contributed by atoms with Crippen LogP contribution in [0.4, 0.5) is 0 Å². The van der Waals surface area contributed by atoms with Gasteiger partial charge in [0.05, 0.1) is 11.6 Å². The fourth-order valence-electron chi connectivity index (χ4n) is 2.24. The molecule has 0 atom stereocenters. The van der Waals surface area contributed by atoms with E-state index in [0.717, 1.165) is 41.3 Å². The monoisotopic (exact) mass is 229 g/mol. The summed E-state index contributed by atoms with van der Waals surface area (Å²) in [5, 5.41) is 0.989. The lowest BCUT2D eigenvalue weighted by molar-refractivity contribution is 0.112. The van der Waals surface area contributed by atoms with Crippen LogP contribution in [0.25, 0.3) is 10.9 Å². The van der Waals surface area contributed by atoms with Crippen LogP contribution in [0.3, 0.4) is 0 Å². The van der Waals surface area contributed by atoms with Crippen molar-refractivity contribution in [2.24, 2.45) is 7.05 Å². The average molecular weight is 229 g/mol. The van der Waals surface area contributed by atoms with Crippen LogP contribution >= 0.6 is 0 Å². The standard InChI is InChI=1S/C14H15NO2/c1-15-8-10(9-16)13-6-5-12(7-14(13)15)17-11-3-2-4-11/h5-9,11H,2-4H2,1H3. The topological polar surface area (TPSA) is 31.2 Å². The summed E-state index contributed by atoms with van der Waals surface area (Å²) in [6.07, 6.45) is 6.72. The molecule has 0 spiro atoms. The van der Waals surface area contributed by atoms with Crippen LogP contribution in [-0.2, 0) is 7.05 Å². The summed E-state index contributed by atoms with van der Waals surface area (Å²) in [4.78, 5) is 10.9. The molecule has 3 nitrogen and oxygen atoms in total. The Balaban J connectivity index is 1.99. The Morgan fingerprint density at radius 2 is 2.24 bits per heavy atom. The van der Waals surface area contributed by atoms with Crippen LogP contribution in [0.1, 0.15) is 29.6 Å². The van der Waals surface area contributed by atoms with Crippen molar-refractivity contribution in [3.05, 3.63) is 30.0 Å². The maximum atomic E-state index is 10.9. The Morgan fingerprint density at radius 1 is 1.41 bits per heavy atom. The highest BCUT2D eigenvalue weighted by Gasteiger charge is 2.19. The largest absolute Gasteiger partial charge is 0.490 e. The summed E-state index contributed by atoms with van der Waals surface area (Å²) in [5.41, 5.74) is 1.78. The fourth-order valence-corrected chi connectivity index (χ4v) is 2.24. The number of aromatic nitrogens is 1. The van der Waals surface area contributed by atoms with E-state index in [0.29, 0.717) is 6.10 Å². The van der Waals surface area contributed by atoms with Crippen LogP contribution in [0.2, 0.25) is 0 Å². The molecular weight excluding hydrogens is 214 g/mol. The van der Waals surface area contributed by atoms with Crippen molar-refractivity contribution in [3.8, 4) is 5.75 Å². The molecule has 0 aliphatic heterocycles. The highest BCUT2D eigenvalue weighted by atomic mass is 16.5. The molecular formula is C14H15NO2. The number of rotatable bonds is 3. The second kappa shape index (κ2) is 3.91. The number of aldehydes is 1. The first-order valence-corrected chi connectivity index (χ1v) is 5.99. The fraction of sp³-hybridized carbons (Fsp3) is 0.357. The molecule has 0 radical (unpaired) electrons. The van der Waals surface area contributed by atoms with Crippen molar-refractivity contribution < 1.29 is 9.53 Å². The van der Waals surface area contributed by atoms with Crippen LogP contribution in [-0.4, -0.2) is 17.0 Å². The molecule has 1 aromatic carbocycles. The zero-order valence-corrected chi connectivity index (χ0v) is 9.85. The normalized spacial score (nSPS) is 15.8. The van der Waals surface area contributed by atoms with Gasteiger partial charge in [-0.1, -0.05) is 0 Å². The molecule has 88 valence electrons. The molecule has 17 heavy (non-hydrogen) atoms. The number of benzene rings is 1. The quantitative estimate of drug-likeness (QED) is 0.758. The van der Waals surface area contributed by atoms with Crippen molar-refractivity contribution >= 4 is 17.2 Å². The predicted octanol–water partition coefficient (Wildman–Crippen LogP) is 2.92. The Kier molecular flexibility index (Phi) is 2.39. The van der Waals surface area contributed by atoms with E-state index in [1.54, 1.807) is 0 Å². The molecule has 1 aliphatic rings. The zero-order chi connectivity index (χ0) is 11.8. The van der Waals surface area contributed by atoms with E-state index >= 15 is 0 Å². The summed E-state index contributed by atoms with van der Waals surface area (Å²) in [5.74, 6) is 0.904. The molecule has 3 rings (SSSR count). The molecule has 1 aliphatic carbocycles. The number of hydrogen-bond acceptors (Lipinski definition) is 2. The number of carbonyl (C=O) groups is 1. The lowest BCUT2D eigenvalue weighted by Crippen LogP contribution is -2.24. The lowest BCUT2D eigenvalue weighted by Gasteiger charge is -2.26. The molecule has 0 unspecified atom stereocenters. The maximum absolute atomic E-state index is 10.9. The van der Waals surface area contributed by atoms with Crippen molar-refractivity contribution in [2.75, 3.05) is 0 Å². The van der Waals surface area contributed by atoms with E-state index in [4.69, 9.17) is 4.74 Å². The minimum absolute atomic E-state index is 0.387. The number of nitrogens with zero attached hydrogens (tertiary/aromatic N) is 1. The van der Waals surface area contributed by atoms with Gasteiger partial charge < -0.3 is 9.30 Å². The van der Waals surface area contributed by atoms with Gasteiger partial charge in [-0.25, -0.2) is 0 Å².